The lowest BCUT2D eigenvalue weighted by Gasteiger charge is -2.29. The van der Waals surface area contributed by atoms with E-state index in [0.717, 1.165) is 10.2 Å². The van der Waals surface area contributed by atoms with Gasteiger partial charge in [-0.05, 0) is 31.7 Å². The summed E-state index contributed by atoms with van der Waals surface area (Å²) in [6, 6.07) is 0. The number of aromatic nitrogens is 2. The van der Waals surface area contributed by atoms with Crippen LogP contribution in [0.4, 0.5) is 5.82 Å². The Morgan fingerprint density at radius 2 is 1.95 bits per heavy atom. The zero-order valence-corrected chi connectivity index (χ0v) is 14.4. The minimum absolute atomic E-state index is 0.0864. The summed E-state index contributed by atoms with van der Waals surface area (Å²) in [6.45, 7) is 13.1. The average molecular weight is 308 g/mol. The molecule has 1 atom stereocenters. The maximum Gasteiger partial charge on any atom is 0.161 e. The predicted molar refractivity (Wildman–Crippen MR) is 88.5 cm³/mol. The highest BCUT2D eigenvalue weighted by molar-refractivity contribution is 7.18. The second-order valence-corrected chi connectivity index (χ2v) is 7.44. The molecule has 0 fully saturated rings. The van der Waals surface area contributed by atoms with Crippen LogP contribution in [0.2, 0.25) is 0 Å². The summed E-state index contributed by atoms with van der Waals surface area (Å²) in [4.78, 5) is 11.5. The number of rotatable bonds is 4. The van der Waals surface area contributed by atoms with Gasteiger partial charge in [0.05, 0.1) is 5.39 Å². The fraction of sp³-hybridized carbons (Fsp3) is 0.600. The molecule has 21 heavy (non-hydrogen) atoms. The summed E-state index contributed by atoms with van der Waals surface area (Å²) in [5.74, 6) is 7.03. The van der Waals surface area contributed by atoms with Crippen LogP contribution in [-0.2, 0) is 4.74 Å². The highest BCUT2D eigenvalue weighted by atomic mass is 32.1. The third-order valence-corrected chi connectivity index (χ3v) is 4.64. The molecule has 0 bridgehead atoms. The smallest absolute Gasteiger partial charge is 0.161 e. The number of nitrogens with two attached hydrogens (primary N) is 1. The molecule has 0 radical (unpaired) electrons. The van der Waals surface area contributed by atoms with Crippen LogP contribution in [0.15, 0.2) is 0 Å². The Bertz CT molecular complexity index is 645. The lowest BCUT2D eigenvalue weighted by atomic mass is 9.88. The van der Waals surface area contributed by atoms with Crippen molar-refractivity contribution in [2.75, 3.05) is 12.0 Å². The number of fused-ring (bicyclic) bond motifs is 1. The van der Waals surface area contributed by atoms with Gasteiger partial charge in [-0.25, -0.2) is 15.8 Å². The van der Waals surface area contributed by atoms with Gasteiger partial charge in [0.25, 0.3) is 0 Å². The number of hydrogen-bond donors (Lipinski definition) is 2. The van der Waals surface area contributed by atoms with Crippen LogP contribution in [0.1, 0.15) is 50.1 Å². The number of nitrogen functional groups attached to an aromatic ring is 1. The molecule has 2 heterocycles. The monoisotopic (exact) mass is 308 g/mol. The van der Waals surface area contributed by atoms with Crippen LogP contribution >= 0.6 is 11.3 Å². The molecule has 0 aromatic carbocycles. The molecule has 0 aliphatic heterocycles. The topological polar surface area (TPSA) is 73.1 Å². The number of ether oxygens (including phenoxy) is 1. The van der Waals surface area contributed by atoms with Crippen LogP contribution in [-0.4, -0.2) is 16.6 Å². The first-order chi connectivity index (χ1) is 9.79. The summed E-state index contributed by atoms with van der Waals surface area (Å²) in [6.07, 6.45) is -0.165. The van der Waals surface area contributed by atoms with Gasteiger partial charge in [-0.15, -0.1) is 11.3 Å². The summed E-state index contributed by atoms with van der Waals surface area (Å²) in [7, 11) is 0. The van der Waals surface area contributed by atoms with Crippen molar-refractivity contribution in [2.24, 2.45) is 11.3 Å². The number of nitrogens with one attached hydrogen (secondary N) is 1. The second kappa shape index (κ2) is 5.87. The van der Waals surface area contributed by atoms with Gasteiger partial charge in [0.2, 0.25) is 0 Å². The molecule has 6 heteroatoms. The van der Waals surface area contributed by atoms with Crippen molar-refractivity contribution in [1.82, 2.24) is 9.97 Å². The minimum atomic E-state index is -0.165. The molecule has 0 amide bonds. The van der Waals surface area contributed by atoms with E-state index < -0.39 is 0 Å². The van der Waals surface area contributed by atoms with E-state index in [-0.39, 0.29) is 11.5 Å². The van der Waals surface area contributed by atoms with E-state index in [1.807, 2.05) is 6.92 Å². The van der Waals surface area contributed by atoms with Crippen molar-refractivity contribution < 1.29 is 4.74 Å². The third kappa shape index (κ3) is 3.02. The number of nitrogens with zero attached hydrogens (tertiary/aromatic N) is 2. The van der Waals surface area contributed by atoms with Crippen LogP contribution in [0, 0.1) is 19.3 Å². The molecule has 5 nitrogen and oxygen atoms in total. The number of hydrogen-bond acceptors (Lipinski definition) is 6. The van der Waals surface area contributed by atoms with E-state index in [2.05, 4.69) is 45.0 Å². The van der Waals surface area contributed by atoms with E-state index in [4.69, 9.17) is 15.6 Å². The molecular formula is C15H24N4OS. The first kappa shape index (κ1) is 16.1. The van der Waals surface area contributed by atoms with E-state index in [9.17, 15) is 0 Å². The van der Waals surface area contributed by atoms with Gasteiger partial charge in [-0.1, -0.05) is 20.8 Å². The van der Waals surface area contributed by atoms with Gasteiger partial charge < -0.3 is 10.2 Å². The Balaban J connectivity index is 2.64. The molecule has 3 N–H and O–H groups in total. The van der Waals surface area contributed by atoms with Gasteiger partial charge in [0.15, 0.2) is 11.6 Å². The van der Waals surface area contributed by atoms with Crippen molar-refractivity contribution in [3.63, 3.8) is 0 Å². The SMILES string of the molecule is CCOC(c1nc(NN)c2c(C)c(C)sc2n1)C(C)(C)C. The highest BCUT2D eigenvalue weighted by Gasteiger charge is 2.30. The molecular weight excluding hydrogens is 284 g/mol. The Morgan fingerprint density at radius 3 is 2.48 bits per heavy atom. The van der Waals surface area contributed by atoms with Crippen LogP contribution in [0.25, 0.3) is 10.2 Å². The average Bonchev–Trinajstić information content (AvgIpc) is 2.69. The second-order valence-electron chi connectivity index (χ2n) is 6.24. The molecule has 0 spiro atoms. The molecule has 0 saturated heterocycles. The molecule has 116 valence electrons. The van der Waals surface area contributed by atoms with E-state index in [0.29, 0.717) is 18.2 Å². The Morgan fingerprint density at radius 1 is 1.29 bits per heavy atom. The number of thiophene rings is 1. The maximum atomic E-state index is 5.89. The molecule has 2 aromatic rings. The first-order valence-electron chi connectivity index (χ1n) is 7.15. The fourth-order valence-electron chi connectivity index (χ4n) is 2.37. The normalized spacial score (nSPS) is 13.7. The summed E-state index contributed by atoms with van der Waals surface area (Å²) >= 11 is 1.67. The fourth-order valence-corrected chi connectivity index (χ4v) is 3.40. The lowest BCUT2D eigenvalue weighted by molar-refractivity contribution is -0.0187. The summed E-state index contributed by atoms with van der Waals surface area (Å²) in [5, 5.41) is 1.01. The van der Waals surface area contributed by atoms with Crippen molar-refractivity contribution in [3.05, 3.63) is 16.3 Å². The van der Waals surface area contributed by atoms with E-state index >= 15 is 0 Å². The van der Waals surface area contributed by atoms with Crippen molar-refractivity contribution in [2.45, 2.75) is 47.6 Å². The molecule has 2 rings (SSSR count). The zero-order chi connectivity index (χ0) is 15.8. The Labute approximate surface area is 129 Å². The molecule has 1 unspecified atom stereocenters. The summed E-state index contributed by atoms with van der Waals surface area (Å²) < 4.78 is 5.89. The van der Waals surface area contributed by atoms with Gasteiger partial charge in [-0.3, -0.25) is 0 Å². The third-order valence-electron chi connectivity index (χ3n) is 3.54. The van der Waals surface area contributed by atoms with Crippen LogP contribution < -0.4 is 11.3 Å². The maximum absolute atomic E-state index is 5.89. The molecule has 0 aliphatic carbocycles. The van der Waals surface area contributed by atoms with Crippen LogP contribution in [0.5, 0.6) is 0 Å². The largest absolute Gasteiger partial charge is 0.370 e. The quantitative estimate of drug-likeness (QED) is 0.665. The zero-order valence-electron chi connectivity index (χ0n) is 13.6. The predicted octanol–water partition coefficient (Wildman–Crippen LogP) is 3.72. The van der Waals surface area contributed by atoms with E-state index in [1.54, 1.807) is 11.3 Å². The lowest BCUT2D eigenvalue weighted by Crippen LogP contribution is -2.24. The standard InChI is InChI=1S/C15H24N4OS/c1-7-20-11(15(4,5)6)13-17-12(19-16)10-8(2)9(3)21-14(10)18-13/h11H,7,16H2,1-6H3,(H,17,18,19). The molecule has 2 aromatic heterocycles. The van der Waals surface area contributed by atoms with Crippen LogP contribution in [0.3, 0.4) is 0 Å². The van der Waals surface area contributed by atoms with Gasteiger partial charge >= 0.3 is 0 Å². The van der Waals surface area contributed by atoms with E-state index in [1.165, 1.54) is 10.4 Å². The number of aryl methyl sites for hydroxylation is 2. The highest BCUT2D eigenvalue weighted by Crippen LogP contribution is 2.38. The molecule has 0 saturated carbocycles. The number of anilines is 1. The van der Waals surface area contributed by atoms with Crippen molar-refractivity contribution in [1.29, 1.82) is 0 Å². The molecule has 0 aliphatic rings. The Kier molecular flexibility index (Phi) is 4.51. The van der Waals surface area contributed by atoms with Crippen molar-refractivity contribution in [3.8, 4) is 0 Å². The summed E-state index contributed by atoms with van der Waals surface area (Å²) in [5.41, 5.74) is 3.81. The minimum Gasteiger partial charge on any atom is -0.370 e. The first-order valence-corrected chi connectivity index (χ1v) is 7.97. The van der Waals surface area contributed by atoms with Gasteiger partial charge in [-0.2, -0.15) is 0 Å². The van der Waals surface area contributed by atoms with Crippen molar-refractivity contribution >= 4 is 27.4 Å². The van der Waals surface area contributed by atoms with Gasteiger partial charge in [0.1, 0.15) is 10.9 Å². The Hall–Kier alpha value is -1.24. The van der Waals surface area contributed by atoms with Gasteiger partial charge in [0, 0.05) is 11.5 Å². The number of hydrazine groups is 1.